The Bertz CT molecular complexity index is 1060. The van der Waals surface area contributed by atoms with Crippen LogP contribution in [0.4, 0.5) is 0 Å². The van der Waals surface area contributed by atoms with Gasteiger partial charge in [0.1, 0.15) is 6.04 Å². The molecule has 3 fully saturated rings. The van der Waals surface area contributed by atoms with E-state index in [1.54, 1.807) is 33.7 Å². The second-order valence-corrected chi connectivity index (χ2v) is 12.5. The van der Waals surface area contributed by atoms with E-state index in [2.05, 4.69) is 20.1 Å². The molecule has 3 aliphatic heterocycles. The lowest BCUT2D eigenvalue weighted by Gasteiger charge is -2.42. The number of hydrogen-bond acceptors (Lipinski definition) is 6. The molecule has 3 aliphatic rings. The lowest BCUT2D eigenvalue weighted by Crippen LogP contribution is -2.60. The molecule has 7 atom stereocenters. The molecule has 0 aromatic heterocycles. The highest BCUT2D eigenvalue weighted by Gasteiger charge is 2.77. The number of nitrogens with zero attached hydrogens (tertiary/aromatic N) is 2. The van der Waals surface area contributed by atoms with Gasteiger partial charge in [-0.2, -0.15) is 0 Å². The van der Waals surface area contributed by atoms with E-state index < -0.39 is 28.7 Å². The van der Waals surface area contributed by atoms with E-state index in [1.807, 2.05) is 44.2 Å². The van der Waals surface area contributed by atoms with E-state index in [9.17, 15) is 19.5 Å². The monoisotopic (exact) mass is 540 g/mol. The molecule has 38 heavy (non-hydrogen) atoms. The van der Waals surface area contributed by atoms with Gasteiger partial charge in [-0.15, -0.1) is 24.9 Å². The first kappa shape index (κ1) is 28.4. The van der Waals surface area contributed by atoms with Crippen molar-refractivity contribution >= 4 is 29.5 Å². The van der Waals surface area contributed by atoms with Gasteiger partial charge in [0, 0.05) is 17.8 Å². The average molecular weight is 541 g/mol. The van der Waals surface area contributed by atoms with Crippen LogP contribution < -0.4 is 0 Å². The molecular weight excluding hydrogens is 500 g/mol. The summed E-state index contributed by atoms with van der Waals surface area (Å²) in [4.78, 5) is 45.6. The number of amides is 2. The minimum absolute atomic E-state index is 0.0384. The number of thioether (sulfide) groups is 1. The van der Waals surface area contributed by atoms with Crippen molar-refractivity contribution in [3.8, 4) is 0 Å². The van der Waals surface area contributed by atoms with Crippen LogP contribution >= 0.6 is 11.8 Å². The van der Waals surface area contributed by atoms with Gasteiger partial charge < -0.3 is 19.6 Å². The molecule has 0 aliphatic carbocycles. The number of carbonyl (C=O) groups excluding carboxylic acids is 3. The largest absolute Gasteiger partial charge is 0.465 e. The number of aliphatic hydroxyl groups excluding tert-OH is 1. The van der Waals surface area contributed by atoms with E-state index in [0.717, 1.165) is 12.0 Å². The number of aliphatic hydroxyl groups is 1. The van der Waals surface area contributed by atoms with Crippen LogP contribution in [0.3, 0.4) is 0 Å². The van der Waals surface area contributed by atoms with E-state index in [0.29, 0.717) is 19.4 Å². The molecule has 206 valence electrons. The van der Waals surface area contributed by atoms with Crippen LogP contribution in [0.15, 0.2) is 55.6 Å². The van der Waals surface area contributed by atoms with Gasteiger partial charge in [-0.1, -0.05) is 49.4 Å². The fourth-order valence-corrected chi connectivity index (χ4v) is 9.12. The molecule has 3 unspecified atom stereocenters. The Kier molecular flexibility index (Phi) is 8.72. The van der Waals surface area contributed by atoms with Crippen molar-refractivity contribution in [2.24, 2.45) is 17.8 Å². The number of carbonyl (C=O) groups is 3. The third kappa shape index (κ3) is 4.70. The van der Waals surface area contributed by atoms with Crippen LogP contribution in [0.5, 0.6) is 0 Å². The number of fused-ring (bicyclic) bond motifs is 1. The zero-order chi connectivity index (χ0) is 27.6. The fraction of sp³-hybridized carbons (Fsp3) is 0.567. The molecule has 0 saturated carbocycles. The van der Waals surface area contributed by atoms with E-state index in [1.165, 1.54) is 0 Å². The summed E-state index contributed by atoms with van der Waals surface area (Å²) < 4.78 is 4.83. The minimum Gasteiger partial charge on any atom is -0.465 e. The average Bonchev–Trinajstić information content (AvgIpc) is 3.49. The molecule has 4 rings (SSSR count). The number of ether oxygens (including phenoxy) is 1. The second kappa shape index (κ2) is 11.7. The van der Waals surface area contributed by atoms with Gasteiger partial charge >= 0.3 is 5.97 Å². The molecule has 3 saturated heterocycles. The van der Waals surface area contributed by atoms with E-state index in [4.69, 9.17) is 4.74 Å². The van der Waals surface area contributed by atoms with Gasteiger partial charge in [-0.25, -0.2) is 0 Å². The summed E-state index contributed by atoms with van der Waals surface area (Å²) in [5.74, 6) is -2.00. The quantitative estimate of drug-likeness (QED) is 0.248. The van der Waals surface area contributed by atoms with Gasteiger partial charge in [0.25, 0.3) is 0 Å². The van der Waals surface area contributed by atoms with Gasteiger partial charge in [-0.05, 0) is 44.6 Å². The smallest absolute Gasteiger partial charge is 0.310 e. The topological polar surface area (TPSA) is 87.1 Å². The molecule has 1 aromatic rings. The summed E-state index contributed by atoms with van der Waals surface area (Å²) in [7, 11) is 0. The molecule has 8 heteroatoms. The number of benzene rings is 1. The first-order valence-corrected chi connectivity index (χ1v) is 14.4. The first-order valence-electron chi connectivity index (χ1n) is 13.6. The summed E-state index contributed by atoms with van der Waals surface area (Å²) >= 11 is 1.62. The third-order valence-corrected chi connectivity index (χ3v) is 10.5. The maximum atomic E-state index is 14.4. The van der Waals surface area contributed by atoms with Crippen LogP contribution in [-0.2, 0) is 25.5 Å². The first-order chi connectivity index (χ1) is 18.2. The van der Waals surface area contributed by atoms with Crippen molar-refractivity contribution in [3.05, 3.63) is 61.2 Å². The molecule has 1 aromatic carbocycles. The highest BCUT2D eigenvalue weighted by atomic mass is 32.2. The van der Waals surface area contributed by atoms with Crippen molar-refractivity contribution in [1.82, 2.24) is 9.80 Å². The van der Waals surface area contributed by atoms with Gasteiger partial charge in [0.15, 0.2) is 0 Å². The molecule has 2 amide bonds. The summed E-state index contributed by atoms with van der Waals surface area (Å²) in [6, 6.07) is 8.19. The van der Waals surface area contributed by atoms with Gasteiger partial charge in [-0.3, -0.25) is 14.4 Å². The third-order valence-electron chi connectivity index (χ3n) is 8.41. The Morgan fingerprint density at radius 2 is 1.97 bits per heavy atom. The predicted octanol–water partition coefficient (Wildman–Crippen LogP) is 3.47. The van der Waals surface area contributed by atoms with Crippen LogP contribution in [-0.4, -0.2) is 80.6 Å². The van der Waals surface area contributed by atoms with Crippen molar-refractivity contribution in [2.75, 3.05) is 19.8 Å². The lowest BCUT2D eigenvalue weighted by atomic mass is 9.66. The molecule has 3 heterocycles. The minimum atomic E-state index is -0.792. The SMILES string of the molecule is C=CCCOC(=O)[C@@H]1[C@H]2C(=O)N([C@@H](CO)Cc3ccccc3)C(C(=O)N(CC=C)C(C)C)C23S[C@@H]1CC3C. The lowest BCUT2D eigenvalue weighted by molar-refractivity contribution is -0.154. The van der Waals surface area contributed by atoms with E-state index >= 15 is 0 Å². The predicted molar refractivity (Wildman–Crippen MR) is 149 cm³/mol. The maximum absolute atomic E-state index is 14.4. The van der Waals surface area contributed by atoms with Crippen molar-refractivity contribution < 1.29 is 24.2 Å². The summed E-state index contributed by atoms with van der Waals surface area (Å²) in [5.41, 5.74) is 0.970. The van der Waals surface area contributed by atoms with Gasteiger partial charge in [0.2, 0.25) is 11.8 Å². The summed E-state index contributed by atoms with van der Waals surface area (Å²) in [6.07, 6.45) is 5.08. The summed E-state index contributed by atoms with van der Waals surface area (Å²) in [5, 5.41) is 10.5. The maximum Gasteiger partial charge on any atom is 0.310 e. The summed E-state index contributed by atoms with van der Waals surface area (Å²) in [6.45, 7) is 13.8. The Morgan fingerprint density at radius 3 is 2.58 bits per heavy atom. The van der Waals surface area contributed by atoms with Gasteiger partial charge in [0.05, 0.1) is 35.8 Å². The van der Waals surface area contributed by atoms with Crippen molar-refractivity contribution in [3.63, 3.8) is 0 Å². The Balaban J connectivity index is 1.79. The molecule has 2 bridgehead atoms. The number of likely N-dealkylation sites (tertiary alicyclic amines) is 1. The number of hydrogen-bond donors (Lipinski definition) is 1. The van der Waals surface area contributed by atoms with Crippen LogP contribution in [0.25, 0.3) is 0 Å². The highest BCUT2D eigenvalue weighted by molar-refractivity contribution is 8.02. The zero-order valence-electron chi connectivity index (χ0n) is 22.6. The Morgan fingerprint density at radius 1 is 1.26 bits per heavy atom. The van der Waals surface area contributed by atoms with Crippen molar-refractivity contribution in [2.45, 2.75) is 68.2 Å². The van der Waals surface area contributed by atoms with E-state index in [-0.39, 0.29) is 48.2 Å². The number of rotatable bonds is 12. The standard InChI is InChI=1S/C30H40N2O5S/c1-6-8-15-37-29(36)24-23-16-20(5)30(38-23)25(24)27(34)32(22(18-33)17-21-12-10-9-11-13-21)26(30)28(35)31(14-7-2)19(3)4/h6-7,9-13,19-20,22-26,33H,1-2,8,14-18H2,3-5H3/t20?,22-,23-,24+,25+,26?,30?/m1/s1. The molecule has 1 spiro atoms. The van der Waals surface area contributed by atoms with Crippen LogP contribution in [0, 0.1) is 17.8 Å². The molecule has 7 nitrogen and oxygen atoms in total. The zero-order valence-corrected chi connectivity index (χ0v) is 23.4. The number of esters is 1. The second-order valence-electron chi connectivity index (χ2n) is 10.9. The normalized spacial score (nSPS) is 30.3. The van der Waals surface area contributed by atoms with Crippen molar-refractivity contribution in [1.29, 1.82) is 0 Å². The Hall–Kier alpha value is -2.58. The molecule has 0 radical (unpaired) electrons. The molecule has 1 N–H and O–H groups in total. The fourth-order valence-electron chi connectivity index (χ4n) is 6.73. The van der Waals surface area contributed by atoms with Crippen LogP contribution in [0.1, 0.15) is 39.2 Å². The Labute approximate surface area is 230 Å². The van der Waals surface area contributed by atoms with Crippen LogP contribution in [0.2, 0.25) is 0 Å². The molecular formula is C30H40N2O5S. The highest BCUT2D eigenvalue weighted by Crippen LogP contribution is 2.69.